The van der Waals surface area contributed by atoms with Gasteiger partial charge in [0.15, 0.2) is 0 Å². The van der Waals surface area contributed by atoms with E-state index in [4.69, 9.17) is 0 Å². The molecule has 0 saturated heterocycles. The van der Waals surface area contributed by atoms with Gasteiger partial charge in [0, 0.05) is 12.6 Å². The van der Waals surface area contributed by atoms with Crippen LogP contribution in [0.4, 0.5) is 11.5 Å². The zero-order chi connectivity index (χ0) is 13.5. The number of rotatable bonds is 7. The topological polar surface area (TPSA) is 71.3 Å². The highest BCUT2D eigenvalue weighted by molar-refractivity contribution is 5.48. The maximum Gasteiger partial charge on any atom is 0.287 e. The van der Waals surface area contributed by atoms with Crippen LogP contribution in [0.5, 0.6) is 0 Å². The van der Waals surface area contributed by atoms with Gasteiger partial charge in [0.2, 0.25) is 0 Å². The van der Waals surface area contributed by atoms with E-state index in [0.29, 0.717) is 0 Å². The van der Waals surface area contributed by atoms with Gasteiger partial charge in [-0.15, -0.1) is 0 Å². The standard InChI is InChI=1S/C12H20N4O2/c1-10-8-11(16(17)18)9-14-12(10)13-6-4-5-7-15(2)3/h8-9H,4-7H2,1-3H3,(H,13,14). The van der Waals surface area contributed by atoms with Crippen molar-refractivity contribution in [2.45, 2.75) is 19.8 Å². The first kappa shape index (κ1) is 14.4. The summed E-state index contributed by atoms with van der Waals surface area (Å²) in [6.07, 6.45) is 3.46. The maximum absolute atomic E-state index is 10.6. The molecule has 0 aliphatic carbocycles. The number of pyridine rings is 1. The van der Waals surface area contributed by atoms with E-state index in [1.54, 1.807) is 0 Å². The van der Waals surface area contributed by atoms with Crippen molar-refractivity contribution in [3.05, 3.63) is 27.9 Å². The van der Waals surface area contributed by atoms with Crippen LogP contribution in [0.25, 0.3) is 0 Å². The number of nitrogens with one attached hydrogen (secondary N) is 1. The molecule has 18 heavy (non-hydrogen) atoms. The number of anilines is 1. The Labute approximate surface area is 107 Å². The van der Waals surface area contributed by atoms with Gasteiger partial charge in [-0.3, -0.25) is 10.1 Å². The lowest BCUT2D eigenvalue weighted by Gasteiger charge is -2.10. The van der Waals surface area contributed by atoms with Crippen LogP contribution in [-0.4, -0.2) is 42.0 Å². The predicted octanol–water partition coefficient (Wildman–Crippen LogP) is 2.05. The summed E-state index contributed by atoms with van der Waals surface area (Å²) >= 11 is 0. The molecule has 0 bridgehead atoms. The van der Waals surface area contributed by atoms with Gasteiger partial charge in [-0.2, -0.15) is 0 Å². The summed E-state index contributed by atoms with van der Waals surface area (Å²) in [5, 5.41) is 13.8. The van der Waals surface area contributed by atoms with Crippen LogP contribution in [0.15, 0.2) is 12.3 Å². The van der Waals surface area contributed by atoms with Crippen LogP contribution < -0.4 is 5.32 Å². The van der Waals surface area contributed by atoms with Crippen LogP contribution in [0.2, 0.25) is 0 Å². The zero-order valence-electron chi connectivity index (χ0n) is 11.1. The zero-order valence-corrected chi connectivity index (χ0v) is 11.1. The second kappa shape index (κ2) is 6.90. The molecule has 0 radical (unpaired) electrons. The smallest absolute Gasteiger partial charge is 0.287 e. The molecule has 0 aromatic carbocycles. The Hall–Kier alpha value is -1.69. The minimum absolute atomic E-state index is 0.0330. The van der Waals surface area contributed by atoms with E-state index < -0.39 is 4.92 Å². The number of aryl methyl sites for hydroxylation is 1. The number of hydrogen-bond donors (Lipinski definition) is 1. The molecule has 0 aliphatic heterocycles. The Bertz CT molecular complexity index is 407. The Morgan fingerprint density at radius 1 is 1.44 bits per heavy atom. The van der Waals surface area contributed by atoms with E-state index in [1.807, 2.05) is 6.92 Å². The molecule has 0 fully saturated rings. The SMILES string of the molecule is Cc1cc([N+](=O)[O-])cnc1NCCCCN(C)C. The van der Waals surface area contributed by atoms with E-state index in [0.717, 1.165) is 37.3 Å². The molecule has 100 valence electrons. The first-order chi connectivity index (χ1) is 8.50. The van der Waals surface area contributed by atoms with Gasteiger partial charge in [-0.05, 0) is 46.0 Å². The van der Waals surface area contributed by atoms with Crippen LogP contribution in [0.1, 0.15) is 18.4 Å². The van der Waals surface area contributed by atoms with Gasteiger partial charge in [-0.25, -0.2) is 4.98 Å². The number of hydrogen-bond acceptors (Lipinski definition) is 5. The monoisotopic (exact) mass is 252 g/mol. The molecule has 0 aliphatic rings. The highest BCUT2D eigenvalue weighted by Crippen LogP contribution is 2.17. The molecule has 1 rings (SSSR count). The van der Waals surface area contributed by atoms with Crippen molar-refractivity contribution < 1.29 is 4.92 Å². The van der Waals surface area contributed by atoms with Gasteiger partial charge >= 0.3 is 0 Å². The molecule has 0 unspecified atom stereocenters. The second-order valence-electron chi connectivity index (χ2n) is 4.55. The third kappa shape index (κ3) is 4.67. The molecule has 0 spiro atoms. The normalized spacial score (nSPS) is 10.7. The Kier molecular flexibility index (Phi) is 5.51. The largest absolute Gasteiger partial charge is 0.370 e. The van der Waals surface area contributed by atoms with Gasteiger partial charge in [0.1, 0.15) is 12.0 Å². The fourth-order valence-electron chi connectivity index (χ4n) is 1.60. The van der Waals surface area contributed by atoms with Gasteiger partial charge in [-0.1, -0.05) is 0 Å². The minimum Gasteiger partial charge on any atom is -0.370 e. The molecule has 6 heteroatoms. The summed E-state index contributed by atoms with van der Waals surface area (Å²) in [6.45, 7) is 3.72. The maximum atomic E-state index is 10.6. The highest BCUT2D eigenvalue weighted by Gasteiger charge is 2.08. The Morgan fingerprint density at radius 2 is 2.17 bits per heavy atom. The average Bonchev–Trinajstić information content (AvgIpc) is 2.29. The summed E-state index contributed by atoms with van der Waals surface area (Å²) in [5.41, 5.74) is 0.836. The second-order valence-corrected chi connectivity index (χ2v) is 4.55. The fraction of sp³-hybridized carbons (Fsp3) is 0.583. The van der Waals surface area contributed by atoms with Crippen molar-refractivity contribution in [1.82, 2.24) is 9.88 Å². The number of aromatic nitrogens is 1. The van der Waals surface area contributed by atoms with Gasteiger partial charge in [0.05, 0.1) is 4.92 Å². The van der Waals surface area contributed by atoms with Crippen molar-refractivity contribution >= 4 is 11.5 Å². The van der Waals surface area contributed by atoms with Gasteiger partial charge < -0.3 is 10.2 Å². The van der Waals surface area contributed by atoms with Crippen molar-refractivity contribution in [3.63, 3.8) is 0 Å². The molecule has 1 aromatic rings. The quantitative estimate of drug-likeness (QED) is 0.457. The van der Waals surface area contributed by atoms with Crippen LogP contribution >= 0.6 is 0 Å². The Balaban J connectivity index is 2.41. The van der Waals surface area contributed by atoms with E-state index >= 15 is 0 Å². The molecule has 1 aromatic heterocycles. The van der Waals surface area contributed by atoms with E-state index in [2.05, 4.69) is 29.3 Å². The summed E-state index contributed by atoms with van der Waals surface area (Å²) in [6, 6.07) is 1.54. The highest BCUT2D eigenvalue weighted by atomic mass is 16.6. The summed E-state index contributed by atoms with van der Waals surface area (Å²) in [4.78, 5) is 16.4. The van der Waals surface area contributed by atoms with Gasteiger partial charge in [0.25, 0.3) is 5.69 Å². The molecular formula is C12H20N4O2. The summed E-state index contributed by atoms with van der Waals surface area (Å²) in [7, 11) is 4.10. The summed E-state index contributed by atoms with van der Waals surface area (Å²) in [5.74, 6) is 0.727. The van der Waals surface area contributed by atoms with Crippen molar-refractivity contribution in [2.24, 2.45) is 0 Å². The summed E-state index contributed by atoms with van der Waals surface area (Å²) < 4.78 is 0. The van der Waals surface area contributed by atoms with Crippen molar-refractivity contribution in [3.8, 4) is 0 Å². The average molecular weight is 252 g/mol. The third-order valence-corrected chi connectivity index (χ3v) is 2.60. The number of unbranched alkanes of at least 4 members (excludes halogenated alkanes) is 1. The molecule has 0 atom stereocenters. The molecule has 1 heterocycles. The molecular weight excluding hydrogens is 232 g/mol. The number of nitrogens with zero attached hydrogens (tertiary/aromatic N) is 3. The lowest BCUT2D eigenvalue weighted by Crippen LogP contribution is -2.14. The predicted molar refractivity (Wildman–Crippen MR) is 71.9 cm³/mol. The van der Waals surface area contributed by atoms with Crippen LogP contribution in [-0.2, 0) is 0 Å². The third-order valence-electron chi connectivity index (χ3n) is 2.60. The lowest BCUT2D eigenvalue weighted by atomic mass is 10.2. The fourth-order valence-corrected chi connectivity index (χ4v) is 1.60. The van der Waals surface area contributed by atoms with Crippen molar-refractivity contribution in [2.75, 3.05) is 32.5 Å². The van der Waals surface area contributed by atoms with E-state index in [-0.39, 0.29) is 5.69 Å². The molecule has 1 N–H and O–H groups in total. The van der Waals surface area contributed by atoms with Crippen LogP contribution in [0.3, 0.4) is 0 Å². The van der Waals surface area contributed by atoms with E-state index in [9.17, 15) is 10.1 Å². The van der Waals surface area contributed by atoms with Crippen molar-refractivity contribution in [1.29, 1.82) is 0 Å². The lowest BCUT2D eigenvalue weighted by molar-refractivity contribution is -0.385. The Morgan fingerprint density at radius 3 is 2.72 bits per heavy atom. The molecule has 0 saturated carbocycles. The molecule has 0 amide bonds. The van der Waals surface area contributed by atoms with E-state index in [1.165, 1.54) is 12.3 Å². The minimum atomic E-state index is -0.430. The first-order valence-electron chi connectivity index (χ1n) is 6.00. The number of nitro groups is 1. The first-order valence-corrected chi connectivity index (χ1v) is 6.00. The van der Waals surface area contributed by atoms with Crippen LogP contribution in [0, 0.1) is 17.0 Å². The molecule has 6 nitrogen and oxygen atoms in total.